The van der Waals surface area contributed by atoms with E-state index in [0.29, 0.717) is 6.04 Å². The van der Waals surface area contributed by atoms with Crippen molar-refractivity contribution in [1.29, 1.82) is 0 Å². The van der Waals surface area contributed by atoms with Crippen molar-refractivity contribution in [2.45, 2.75) is 46.3 Å². The highest BCUT2D eigenvalue weighted by atomic mass is 16.3. The molecule has 13 heavy (non-hydrogen) atoms. The van der Waals surface area contributed by atoms with Crippen LogP contribution in [0.2, 0.25) is 0 Å². The molecule has 1 N–H and O–H groups in total. The summed E-state index contributed by atoms with van der Waals surface area (Å²) in [5.41, 5.74) is 2.26. The van der Waals surface area contributed by atoms with Crippen molar-refractivity contribution >= 4 is 0 Å². The second-order valence-corrected chi connectivity index (χ2v) is 3.76. The summed E-state index contributed by atoms with van der Waals surface area (Å²) in [5.74, 6) is 0. The average Bonchev–Trinajstić information content (AvgIpc) is 2.31. The molecule has 74 valence electrons. The average molecular weight is 182 g/mol. The number of aromatic nitrogens is 2. The zero-order chi connectivity index (χ0) is 10.0. The smallest absolute Gasteiger partial charge is 0.0953 e. The van der Waals surface area contributed by atoms with E-state index in [-0.39, 0.29) is 6.10 Å². The number of aliphatic hydroxyl groups excluding tert-OH is 1. The molecule has 2 atom stereocenters. The van der Waals surface area contributed by atoms with Crippen LogP contribution >= 0.6 is 0 Å². The number of imidazole rings is 1. The van der Waals surface area contributed by atoms with Crippen LogP contribution in [-0.2, 0) is 0 Å². The van der Waals surface area contributed by atoms with Gasteiger partial charge in [0.25, 0.3) is 0 Å². The van der Waals surface area contributed by atoms with Crippen LogP contribution in [0.1, 0.15) is 37.7 Å². The van der Waals surface area contributed by atoms with Crippen molar-refractivity contribution in [3.63, 3.8) is 0 Å². The van der Waals surface area contributed by atoms with Gasteiger partial charge in [-0.05, 0) is 34.1 Å². The Kier molecular flexibility index (Phi) is 3.09. The second kappa shape index (κ2) is 3.92. The van der Waals surface area contributed by atoms with Crippen LogP contribution in [0.5, 0.6) is 0 Å². The number of nitrogens with zero attached hydrogens (tertiary/aromatic N) is 2. The predicted octanol–water partition coefficient (Wildman–Crippen LogP) is 1.83. The Morgan fingerprint density at radius 3 is 2.46 bits per heavy atom. The molecule has 0 aromatic carbocycles. The number of hydrogen-bond acceptors (Lipinski definition) is 2. The van der Waals surface area contributed by atoms with Crippen LogP contribution in [0.4, 0.5) is 0 Å². The lowest BCUT2D eigenvalue weighted by Gasteiger charge is -2.16. The molecule has 1 aromatic heterocycles. The van der Waals surface area contributed by atoms with Gasteiger partial charge in [-0.3, -0.25) is 0 Å². The highest BCUT2D eigenvalue weighted by Gasteiger charge is 2.11. The first kappa shape index (κ1) is 10.3. The Labute approximate surface area is 79.4 Å². The molecule has 0 saturated heterocycles. The van der Waals surface area contributed by atoms with Gasteiger partial charge in [0, 0.05) is 11.7 Å². The zero-order valence-corrected chi connectivity index (χ0v) is 8.78. The monoisotopic (exact) mass is 182 g/mol. The maximum absolute atomic E-state index is 9.25. The van der Waals surface area contributed by atoms with Crippen LogP contribution in [0.3, 0.4) is 0 Å². The lowest BCUT2D eigenvalue weighted by Crippen LogP contribution is -2.12. The largest absolute Gasteiger partial charge is 0.393 e. The molecule has 0 spiro atoms. The molecule has 0 amide bonds. The SMILES string of the molecule is Cc1ncn(C(C)CC(C)O)c1C. The summed E-state index contributed by atoms with van der Waals surface area (Å²) in [6.45, 7) is 7.97. The molecule has 0 radical (unpaired) electrons. The Morgan fingerprint density at radius 1 is 1.46 bits per heavy atom. The first-order valence-corrected chi connectivity index (χ1v) is 4.70. The normalized spacial score (nSPS) is 15.8. The molecule has 1 heterocycles. The molecular weight excluding hydrogens is 164 g/mol. The number of hydrogen-bond donors (Lipinski definition) is 1. The van der Waals surface area contributed by atoms with Crippen LogP contribution in [0, 0.1) is 13.8 Å². The second-order valence-electron chi connectivity index (χ2n) is 3.76. The van der Waals surface area contributed by atoms with Crippen LogP contribution in [-0.4, -0.2) is 20.8 Å². The van der Waals surface area contributed by atoms with Crippen molar-refractivity contribution in [2.24, 2.45) is 0 Å². The first-order chi connectivity index (χ1) is 6.02. The molecular formula is C10H18N2O. The number of aryl methyl sites for hydroxylation is 1. The van der Waals surface area contributed by atoms with Gasteiger partial charge >= 0.3 is 0 Å². The van der Waals surface area contributed by atoms with Gasteiger partial charge in [0.15, 0.2) is 0 Å². The lowest BCUT2D eigenvalue weighted by molar-refractivity contribution is 0.165. The Balaban J connectivity index is 2.76. The van der Waals surface area contributed by atoms with Crippen molar-refractivity contribution in [1.82, 2.24) is 9.55 Å². The third-order valence-electron chi connectivity index (χ3n) is 2.44. The summed E-state index contributed by atoms with van der Waals surface area (Å²) in [7, 11) is 0. The standard InChI is InChI=1S/C10H18N2O/c1-7(5-8(2)13)12-6-11-9(3)10(12)4/h6-8,13H,5H2,1-4H3. The topological polar surface area (TPSA) is 38.0 Å². The molecule has 1 rings (SSSR count). The number of aliphatic hydroxyl groups is 1. The molecule has 0 aliphatic heterocycles. The summed E-state index contributed by atoms with van der Waals surface area (Å²) in [6, 6.07) is 0.321. The van der Waals surface area contributed by atoms with E-state index in [1.54, 1.807) is 0 Å². The van der Waals surface area contributed by atoms with Gasteiger partial charge in [0.1, 0.15) is 0 Å². The molecule has 0 saturated carbocycles. The van der Waals surface area contributed by atoms with Gasteiger partial charge in [0.2, 0.25) is 0 Å². The van der Waals surface area contributed by atoms with E-state index >= 15 is 0 Å². The highest BCUT2D eigenvalue weighted by Crippen LogP contribution is 2.17. The van der Waals surface area contributed by atoms with Crippen molar-refractivity contribution < 1.29 is 5.11 Å². The minimum absolute atomic E-state index is 0.253. The minimum atomic E-state index is -0.253. The van der Waals surface area contributed by atoms with Crippen molar-refractivity contribution in [3.05, 3.63) is 17.7 Å². The van der Waals surface area contributed by atoms with Crippen LogP contribution < -0.4 is 0 Å². The molecule has 2 unspecified atom stereocenters. The molecule has 0 fully saturated rings. The predicted molar refractivity (Wildman–Crippen MR) is 52.7 cm³/mol. The quantitative estimate of drug-likeness (QED) is 0.774. The lowest BCUT2D eigenvalue weighted by atomic mass is 10.1. The van der Waals surface area contributed by atoms with Crippen molar-refractivity contribution in [2.75, 3.05) is 0 Å². The van der Waals surface area contributed by atoms with E-state index in [1.807, 2.05) is 20.2 Å². The molecule has 3 nitrogen and oxygen atoms in total. The Hall–Kier alpha value is -0.830. The Morgan fingerprint density at radius 2 is 2.08 bits per heavy atom. The third kappa shape index (κ3) is 2.31. The van der Waals surface area contributed by atoms with Gasteiger partial charge < -0.3 is 9.67 Å². The van der Waals surface area contributed by atoms with Gasteiger partial charge in [-0.25, -0.2) is 4.98 Å². The maximum atomic E-state index is 9.25. The van der Waals surface area contributed by atoms with E-state index in [1.165, 1.54) is 5.69 Å². The molecule has 0 aliphatic carbocycles. The van der Waals surface area contributed by atoms with Gasteiger partial charge in [0.05, 0.1) is 18.1 Å². The van der Waals surface area contributed by atoms with Gasteiger partial charge in [-0.1, -0.05) is 0 Å². The van der Waals surface area contributed by atoms with E-state index in [9.17, 15) is 5.11 Å². The van der Waals surface area contributed by atoms with Gasteiger partial charge in [-0.15, -0.1) is 0 Å². The van der Waals surface area contributed by atoms with Crippen molar-refractivity contribution in [3.8, 4) is 0 Å². The fourth-order valence-corrected chi connectivity index (χ4v) is 1.57. The third-order valence-corrected chi connectivity index (χ3v) is 2.44. The summed E-state index contributed by atoms with van der Waals surface area (Å²) >= 11 is 0. The van der Waals surface area contributed by atoms with Gasteiger partial charge in [-0.2, -0.15) is 0 Å². The van der Waals surface area contributed by atoms with E-state index in [0.717, 1.165) is 12.1 Å². The Bertz CT molecular complexity index is 278. The first-order valence-electron chi connectivity index (χ1n) is 4.70. The highest BCUT2D eigenvalue weighted by molar-refractivity contribution is 5.09. The summed E-state index contributed by atoms with van der Waals surface area (Å²) in [4.78, 5) is 4.23. The van der Waals surface area contributed by atoms with Crippen LogP contribution in [0.15, 0.2) is 6.33 Å². The fourth-order valence-electron chi connectivity index (χ4n) is 1.57. The van der Waals surface area contributed by atoms with Crippen LogP contribution in [0.25, 0.3) is 0 Å². The molecule has 1 aromatic rings. The summed E-state index contributed by atoms with van der Waals surface area (Å²) < 4.78 is 2.11. The maximum Gasteiger partial charge on any atom is 0.0953 e. The summed E-state index contributed by atoms with van der Waals surface area (Å²) in [5, 5.41) is 9.25. The zero-order valence-electron chi connectivity index (χ0n) is 8.78. The van der Waals surface area contributed by atoms with E-state index in [4.69, 9.17) is 0 Å². The molecule has 0 bridgehead atoms. The minimum Gasteiger partial charge on any atom is -0.393 e. The summed E-state index contributed by atoms with van der Waals surface area (Å²) in [6.07, 6.45) is 2.37. The van der Waals surface area contributed by atoms with E-state index in [2.05, 4.69) is 23.4 Å². The molecule has 3 heteroatoms. The van der Waals surface area contributed by atoms with E-state index < -0.39 is 0 Å². The number of rotatable bonds is 3. The fraction of sp³-hybridized carbons (Fsp3) is 0.700. The molecule has 0 aliphatic rings.